The van der Waals surface area contributed by atoms with Crippen LogP contribution in [0.2, 0.25) is 5.02 Å². The fraction of sp³-hybridized carbons (Fsp3) is 0.280. The van der Waals surface area contributed by atoms with Gasteiger partial charge in [0.05, 0.1) is 24.3 Å². The van der Waals surface area contributed by atoms with Crippen LogP contribution in [0.3, 0.4) is 0 Å². The fourth-order valence-electron chi connectivity index (χ4n) is 3.31. The number of phenols is 1. The van der Waals surface area contributed by atoms with Crippen molar-refractivity contribution in [1.82, 2.24) is 5.32 Å². The number of nitrogens with one attached hydrogen (secondary N) is 2. The highest BCUT2D eigenvalue weighted by Crippen LogP contribution is 2.30. The molecule has 0 amide bonds. The molecule has 3 aromatic carbocycles. The third-order valence-electron chi connectivity index (χ3n) is 5.28. The van der Waals surface area contributed by atoms with E-state index in [1.807, 2.05) is 24.3 Å². The number of hydrogen-bond donors (Lipinski definition) is 5. The molecule has 3 aromatic rings. The van der Waals surface area contributed by atoms with E-state index in [9.17, 15) is 23.7 Å². The molecule has 0 aromatic heterocycles. The third kappa shape index (κ3) is 8.00. The van der Waals surface area contributed by atoms with Gasteiger partial charge in [0.25, 0.3) is 10.0 Å². The Morgan fingerprint density at radius 1 is 1.00 bits per heavy atom. The van der Waals surface area contributed by atoms with Gasteiger partial charge < -0.3 is 30.1 Å². The summed E-state index contributed by atoms with van der Waals surface area (Å²) < 4.78 is 38.2. The van der Waals surface area contributed by atoms with Crippen molar-refractivity contribution in [3.63, 3.8) is 0 Å². The largest absolute Gasteiger partial charge is 0.506 e. The molecule has 0 aliphatic heterocycles. The van der Waals surface area contributed by atoms with Gasteiger partial charge >= 0.3 is 0 Å². The first-order valence-electron chi connectivity index (χ1n) is 11.1. The van der Waals surface area contributed by atoms with Gasteiger partial charge in [-0.05, 0) is 60.5 Å². The Bertz CT molecular complexity index is 1220. The Balaban J connectivity index is 1.53. The van der Waals surface area contributed by atoms with E-state index in [0.29, 0.717) is 11.4 Å². The van der Waals surface area contributed by atoms with Gasteiger partial charge in [0.15, 0.2) is 0 Å². The van der Waals surface area contributed by atoms with Crippen molar-refractivity contribution in [3.05, 3.63) is 77.3 Å². The highest BCUT2D eigenvalue weighted by molar-refractivity contribution is 7.92. The maximum Gasteiger partial charge on any atom is 0.262 e. The minimum absolute atomic E-state index is 0.0211. The Labute approximate surface area is 215 Å². The zero-order valence-corrected chi connectivity index (χ0v) is 21.2. The van der Waals surface area contributed by atoms with Crippen LogP contribution in [0.1, 0.15) is 5.56 Å². The summed E-state index contributed by atoms with van der Waals surface area (Å²) in [5, 5.41) is 33.6. The Kier molecular flexibility index (Phi) is 9.80. The van der Waals surface area contributed by atoms with Crippen LogP contribution in [0.4, 0.5) is 5.69 Å². The molecule has 9 nitrogen and oxygen atoms in total. The lowest BCUT2D eigenvalue weighted by atomic mass is 10.1. The molecule has 3 rings (SSSR count). The minimum Gasteiger partial charge on any atom is -0.506 e. The molecule has 11 heteroatoms. The molecule has 0 radical (unpaired) electrons. The third-order valence-corrected chi connectivity index (χ3v) is 6.92. The van der Waals surface area contributed by atoms with Crippen molar-refractivity contribution in [3.8, 4) is 17.2 Å². The number of ether oxygens (including phenoxy) is 2. The van der Waals surface area contributed by atoms with Gasteiger partial charge in [0.1, 0.15) is 30.0 Å². The van der Waals surface area contributed by atoms with Gasteiger partial charge in [-0.2, -0.15) is 0 Å². The van der Waals surface area contributed by atoms with Crippen LogP contribution >= 0.6 is 11.6 Å². The van der Waals surface area contributed by atoms with Crippen molar-refractivity contribution in [1.29, 1.82) is 0 Å². The maximum atomic E-state index is 12.6. The molecule has 0 heterocycles. The van der Waals surface area contributed by atoms with Gasteiger partial charge in [0, 0.05) is 23.7 Å². The second kappa shape index (κ2) is 12.8. The summed E-state index contributed by atoms with van der Waals surface area (Å²) in [5.74, 6) is 0.707. The number of aliphatic hydroxyl groups excluding tert-OH is 2. The van der Waals surface area contributed by atoms with Gasteiger partial charge in [-0.1, -0.05) is 23.7 Å². The molecule has 0 fully saturated rings. The topological polar surface area (TPSA) is 137 Å². The second-order valence-electron chi connectivity index (χ2n) is 8.04. The Morgan fingerprint density at radius 3 is 2.31 bits per heavy atom. The van der Waals surface area contributed by atoms with E-state index in [2.05, 4.69) is 10.0 Å². The van der Waals surface area contributed by atoms with Crippen LogP contribution in [-0.4, -0.2) is 62.8 Å². The maximum absolute atomic E-state index is 12.6. The van der Waals surface area contributed by atoms with E-state index in [0.717, 1.165) is 11.3 Å². The molecular formula is C25H29ClN2O7S. The number of phenolic OH excluding ortho intramolecular Hbond substituents is 1. The Hall–Kier alpha value is -3.02. The molecule has 5 N–H and O–H groups in total. The normalized spacial score (nSPS) is 13.1. The summed E-state index contributed by atoms with van der Waals surface area (Å²) in [6.45, 7) is -0.0496. The van der Waals surface area contributed by atoms with Crippen LogP contribution in [0.5, 0.6) is 17.2 Å². The van der Waals surface area contributed by atoms with E-state index in [4.69, 9.17) is 21.1 Å². The Morgan fingerprint density at radius 2 is 1.67 bits per heavy atom. The van der Waals surface area contributed by atoms with Gasteiger partial charge in [-0.25, -0.2) is 8.42 Å². The number of aliphatic hydroxyl groups is 2. The summed E-state index contributed by atoms with van der Waals surface area (Å²) in [6, 6.07) is 16.9. The molecule has 0 bridgehead atoms. The van der Waals surface area contributed by atoms with E-state index >= 15 is 0 Å². The summed E-state index contributed by atoms with van der Waals surface area (Å²) in [6.07, 6.45) is -0.346. The predicted octanol–water partition coefficient (Wildman–Crippen LogP) is 2.79. The first-order chi connectivity index (χ1) is 17.2. The lowest BCUT2D eigenvalue weighted by Crippen LogP contribution is -2.41. The summed E-state index contributed by atoms with van der Waals surface area (Å²) in [7, 11) is -2.37. The van der Waals surface area contributed by atoms with E-state index in [1.54, 1.807) is 7.11 Å². The number of methoxy groups -OCH3 is 1. The molecule has 0 saturated heterocycles. The van der Waals surface area contributed by atoms with Crippen molar-refractivity contribution in [2.24, 2.45) is 0 Å². The van der Waals surface area contributed by atoms with Crippen molar-refractivity contribution in [2.75, 3.05) is 31.6 Å². The van der Waals surface area contributed by atoms with Gasteiger partial charge in [-0.3, -0.25) is 4.72 Å². The van der Waals surface area contributed by atoms with Crippen molar-refractivity contribution in [2.45, 2.75) is 23.5 Å². The summed E-state index contributed by atoms with van der Waals surface area (Å²) in [5.41, 5.74) is 0.931. The van der Waals surface area contributed by atoms with Crippen LogP contribution in [0.25, 0.3) is 0 Å². The molecule has 194 valence electrons. The van der Waals surface area contributed by atoms with Crippen LogP contribution in [-0.2, 0) is 16.4 Å². The average Bonchev–Trinajstić information content (AvgIpc) is 2.87. The van der Waals surface area contributed by atoms with E-state index in [1.165, 1.54) is 42.5 Å². The number of sulfonamides is 1. The van der Waals surface area contributed by atoms with Gasteiger partial charge in [0.2, 0.25) is 0 Å². The quantitative estimate of drug-likeness (QED) is 0.210. The lowest BCUT2D eigenvalue weighted by molar-refractivity contribution is 0.0997. The number of rotatable bonds is 13. The lowest BCUT2D eigenvalue weighted by Gasteiger charge is -2.20. The van der Waals surface area contributed by atoms with E-state index < -0.39 is 16.1 Å². The molecule has 0 unspecified atom stereocenters. The monoisotopic (exact) mass is 536 g/mol. The minimum atomic E-state index is -3.97. The second-order valence-corrected chi connectivity index (χ2v) is 10.2. The summed E-state index contributed by atoms with van der Waals surface area (Å²) >= 11 is 5.81. The first kappa shape index (κ1) is 27.6. The first-order valence-corrected chi connectivity index (χ1v) is 13.0. The van der Waals surface area contributed by atoms with Crippen molar-refractivity contribution < 1.29 is 33.2 Å². The number of halogens is 1. The molecule has 36 heavy (non-hydrogen) atoms. The van der Waals surface area contributed by atoms with E-state index in [-0.39, 0.29) is 47.9 Å². The standard InChI is InChI=1S/C25H29ClN2O7S/c1-34-21-6-2-17(3-7-21)12-19(15-29)27-14-20(30)16-35-22-8-11-25(31)24(13-22)28-36(32,33)23-9-4-18(26)5-10-23/h2-11,13,19-20,27-31H,12,14-16H2,1H3/t19-,20-/m0/s1. The molecule has 0 aliphatic carbocycles. The number of aromatic hydroxyl groups is 1. The fourth-order valence-corrected chi connectivity index (χ4v) is 4.50. The van der Waals surface area contributed by atoms with Gasteiger partial charge in [-0.15, -0.1) is 0 Å². The molecule has 0 saturated carbocycles. The number of anilines is 1. The number of hydrogen-bond acceptors (Lipinski definition) is 8. The predicted molar refractivity (Wildman–Crippen MR) is 137 cm³/mol. The molecule has 2 atom stereocenters. The molecule has 0 spiro atoms. The van der Waals surface area contributed by atoms with Crippen LogP contribution in [0, 0.1) is 0 Å². The van der Waals surface area contributed by atoms with Crippen molar-refractivity contribution >= 4 is 27.3 Å². The average molecular weight is 537 g/mol. The highest BCUT2D eigenvalue weighted by Gasteiger charge is 2.17. The van der Waals surface area contributed by atoms with Crippen LogP contribution < -0.4 is 19.5 Å². The summed E-state index contributed by atoms with van der Waals surface area (Å²) in [4.78, 5) is -0.0211. The smallest absolute Gasteiger partial charge is 0.262 e. The highest BCUT2D eigenvalue weighted by atomic mass is 35.5. The number of benzene rings is 3. The SMILES string of the molecule is COc1ccc(C[C@@H](CO)NC[C@H](O)COc2ccc(O)c(NS(=O)(=O)c3ccc(Cl)cc3)c2)cc1. The molecule has 0 aliphatic rings. The zero-order valence-electron chi connectivity index (χ0n) is 19.6. The molecular weight excluding hydrogens is 508 g/mol. The van der Waals surface area contributed by atoms with Crippen LogP contribution in [0.15, 0.2) is 71.6 Å². The zero-order chi connectivity index (χ0) is 26.1.